The van der Waals surface area contributed by atoms with Crippen LogP contribution in [0.5, 0.6) is 0 Å². The Labute approximate surface area is 180 Å². The molecular weight excluding hydrogens is 388 g/mol. The van der Waals surface area contributed by atoms with Gasteiger partial charge in [-0.1, -0.05) is 48.5 Å². The maximum absolute atomic E-state index is 13.5. The molecule has 0 saturated carbocycles. The highest BCUT2D eigenvalue weighted by Crippen LogP contribution is 2.28. The predicted molar refractivity (Wildman–Crippen MR) is 118 cm³/mol. The fourth-order valence-electron chi connectivity index (χ4n) is 4.20. The van der Waals surface area contributed by atoms with Gasteiger partial charge in [-0.3, -0.25) is 14.8 Å². The van der Waals surface area contributed by atoms with Gasteiger partial charge < -0.3 is 10.0 Å². The van der Waals surface area contributed by atoms with Crippen molar-refractivity contribution >= 4 is 16.8 Å². The van der Waals surface area contributed by atoms with Gasteiger partial charge in [0.2, 0.25) is 0 Å². The number of rotatable bonds is 4. The third-order valence-electron chi connectivity index (χ3n) is 5.80. The minimum Gasteiger partial charge on any atom is -0.391 e. The predicted octanol–water partition coefficient (Wildman–Crippen LogP) is 3.37. The zero-order chi connectivity index (χ0) is 21.2. The number of amides is 1. The van der Waals surface area contributed by atoms with Crippen molar-refractivity contribution in [3.63, 3.8) is 0 Å². The van der Waals surface area contributed by atoms with Crippen molar-refractivity contribution in [3.8, 4) is 11.3 Å². The molecule has 1 aliphatic rings. The molecule has 1 fully saturated rings. The standard InChI is InChI=1S/C25H22N4O2/c30-24-16-29(15-18(24)12-19-14-26-10-11-27-19)25(31)21-13-23(17-6-2-1-3-7-17)28-22-9-5-4-8-20(21)22/h1-11,13-14,18,24,30H,12,15-16H2/t18-,24-/m1/s1. The average molecular weight is 410 g/mol. The van der Waals surface area contributed by atoms with Crippen LogP contribution in [-0.2, 0) is 6.42 Å². The summed E-state index contributed by atoms with van der Waals surface area (Å²) in [5.41, 5.74) is 3.93. The fourth-order valence-corrected chi connectivity index (χ4v) is 4.20. The van der Waals surface area contributed by atoms with Gasteiger partial charge in [0.05, 0.1) is 28.6 Å². The van der Waals surface area contributed by atoms with Gasteiger partial charge >= 0.3 is 0 Å². The van der Waals surface area contributed by atoms with Crippen molar-refractivity contribution in [2.75, 3.05) is 13.1 Å². The van der Waals surface area contributed by atoms with Gasteiger partial charge in [0.25, 0.3) is 5.91 Å². The molecule has 6 nitrogen and oxygen atoms in total. The van der Waals surface area contributed by atoms with Crippen LogP contribution >= 0.6 is 0 Å². The first-order valence-corrected chi connectivity index (χ1v) is 10.4. The molecule has 154 valence electrons. The van der Waals surface area contributed by atoms with Crippen LogP contribution in [0.1, 0.15) is 16.1 Å². The first-order valence-electron chi connectivity index (χ1n) is 10.4. The SMILES string of the molecule is O=C(c1cc(-c2ccccc2)nc2ccccc12)N1C[C@@H](Cc2cnccn2)[C@H](O)C1. The zero-order valence-corrected chi connectivity index (χ0v) is 16.9. The van der Waals surface area contributed by atoms with Crippen molar-refractivity contribution in [1.82, 2.24) is 19.9 Å². The number of nitrogens with zero attached hydrogens (tertiary/aromatic N) is 4. The van der Waals surface area contributed by atoms with E-state index in [-0.39, 0.29) is 11.8 Å². The highest BCUT2D eigenvalue weighted by molar-refractivity contribution is 6.07. The molecule has 0 spiro atoms. The Morgan fingerprint density at radius 3 is 2.65 bits per heavy atom. The molecule has 6 heteroatoms. The normalized spacial score (nSPS) is 18.4. The number of aliphatic hydroxyl groups is 1. The summed E-state index contributed by atoms with van der Waals surface area (Å²) in [5.74, 6) is -0.154. The Kier molecular flexibility index (Phi) is 5.14. The van der Waals surface area contributed by atoms with Crippen molar-refractivity contribution < 1.29 is 9.90 Å². The molecule has 2 aromatic carbocycles. The second-order valence-corrected chi connectivity index (χ2v) is 7.88. The van der Waals surface area contributed by atoms with Crippen LogP contribution in [0.15, 0.2) is 79.3 Å². The van der Waals surface area contributed by atoms with Crippen molar-refractivity contribution in [2.24, 2.45) is 5.92 Å². The van der Waals surface area contributed by atoms with E-state index in [1.807, 2.05) is 60.7 Å². The monoisotopic (exact) mass is 410 g/mol. The highest BCUT2D eigenvalue weighted by Gasteiger charge is 2.35. The second kappa shape index (κ2) is 8.24. The van der Waals surface area contributed by atoms with E-state index >= 15 is 0 Å². The number of carbonyl (C=O) groups is 1. The summed E-state index contributed by atoms with van der Waals surface area (Å²) in [7, 11) is 0. The Morgan fingerprint density at radius 2 is 1.84 bits per heavy atom. The molecule has 31 heavy (non-hydrogen) atoms. The van der Waals surface area contributed by atoms with E-state index in [1.54, 1.807) is 23.5 Å². The molecule has 1 N–H and O–H groups in total. The molecule has 2 atom stereocenters. The van der Waals surface area contributed by atoms with E-state index in [1.165, 1.54) is 0 Å². The first kappa shape index (κ1) is 19.3. The maximum Gasteiger partial charge on any atom is 0.254 e. The third-order valence-corrected chi connectivity index (χ3v) is 5.80. The molecule has 2 aromatic heterocycles. The summed E-state index contributed by atoms with van der Waals surface area (Å²) in [5, 5.41) is 11.4. The Bertz CT molecular complexity index is 1210. The number of β-amino-alcohol motifs (C(OH)–C–C–N with tert-alkyl or cyclic N) is 1. The number of likely N-dealkylation sites (tertiary alicyclic amines) is 1. The van der Waals surface area contributed by atoms with E-state index in [9.17, 15) is 9.90 Å². The molecule has 0 bridgehead atoms. The largest absolute Gasteiger partial charge is 0.391 e. The van der Waals surface area contributed by atoms with Crippen LogP contribution in [-0.4, -0.2) is 50.1 Å². The van der Waals surface area contributed by atoms with Gasteiger partial charge in [0.15, 0.2) is 0 Å². The van der Waals surface area contributed by atoms with Gasteiger partial charge in [-0.2, -0.15) is 0 Å². The number of hydrogen-bond donors (Lipinski definition) is 1. The minimum atomic E-state index is -0.590. The topological polar surface area (TPSA) is 79.2 Å². The van der Waals surface area contributed by atoms with Gasteiger partial charge in [-0.05, 0) is 18.6 Å². The van der Waals surface area contributed by atoms with Crippen LogP contribution < -0.4 is 0 Å². The lowest BCUT2D eigenvalue weighted by atomic mass is 10.0. The van der Waals surface area contributed by atoms with E-state index in [0.29, 0.717) is 25.1 Å². The number of fused-ring (bicyclic) bond motifs is 1. The van der Waals surface area contributed by atoms with Crippen LogP contribution in [0.2, 0.25) is 0 Å². The van der Waals surface area contributed by atoms with Gasteiger partial charge in [-0.15, -0.1) is 0 Å². The van der Waals surface area contributed by atoms with E-state index in [2.05, 4.69) is 9.97 Å². The van der Waals surface area contributed by atoms with Gasteiger partial charge in [-0.25, -0.2) is 4.98 Å². The molecule has 1 saturated heterocycles. The minimum absolute atomic E-state index is 0.0673. The number of aromatic nitrogens is 3. The van der Waals surface area contributed by atoms with E-state index in [4.69, 9.17) is 4.98 Å². The number of pyridine rings is 1. The Morgan fingerprint density at radius 1 is 1.03 bits per heavy atom. The smallest absolute Gasteiger partial charge is 0.254 e. The Hall–Kier alpha value is -3.64. The van der Waals surface area contributed by atoms with E-state index in [0.717, 1.165) is 27.9 Å². The lowest BCUT2D eigenvalue weighted by Gasteiger charge is -2.18. The number of hydrogen-bond acceptors (Lipinski definition) is 5. The van der Waals surface area contributed by atoms with Crippen LogP contribution in [0.3, 0.4) is 0 Å². The number of para-hydroxylation sites is 1. The van der Waals surface area contributed by atoms with Gasteiger partial charge in [0.1, 0.15) is 0 Å². The summed E-state index contributed by atoms with van der Waals surface area (Å²) in [6.07, 6.45) is 4.98. The summed E-state index contributed by atoms with van der Waals surface area (Å²) in [6, 6.07) is 19.4. The van der Waals surface area contributed by atoms with Crippen LogP contribution in [0.25, 0.3) is 22.2 Å². The molecule has 3 heterocycles. The second-order valence-electron chi connectivity index (χ2n) is 7.88. The summed E-state index contributed by atoms with van der Waals surface area (Å²) in [4.78, 5) is 28.5. The number of carbonyl (C=O) groups excluding carboxylic acids is 1. The Balaban J connectivity index is 1.47. The summed E-state index contributed by atoms with van der Waals surface area (Å²) >= 11 is 0. The fraction of sp³-hybridized carbons (Fsp3) is 0.200. The quantitative estimate of drug-likeness (QED) is 0.558. The number of aliphatic hydroxyl groups excluding tert-OH is 1. The highest BCUT2D eigenvalue weighted by atomic mass is 16.3. The zero-order valence-electron chi connectivity index (χ0n) is 16.9. The lowest BCUT2D eigenvalue weighted by molar-refractivity contribution is 0.0766. The van der Waals surface area contributed by atoms with Crippen LogP contribution in [0, 0.1) is 5.92 Å². The average Bonchev–Trinajstić information content (AvgIpc) is 3.19. The lowest BCUT2D eigenvalue weighted by Crippen LogP contribution is -2.30. The maximum atomic E-state index is 13.5. The van der Waals surface area contributed by atoms with E-state index < -0.39 is 6.10 Å². The summed E-state index contributed by atoms with van der Waals surface area (Å²) in [6.45, 7) is 0.787. The molecule has 4 aromatic rings. The molecule has 5 rings (SSSR count). The molecule has 1 amide bonds. The molecule has 0 radical (unpaired) electrons. The van der Waals surface area contributed by atoms with Crippen molar-refractivity contribution in [3.05, 3.63) is 90.5 Å². The molecular formula is C25H22N4O2. The third kappa shape index (κ3) is 3.90. The van der Waals surface area contributed by atoms with Crippen molar-refractivity contribution in [1.29, 1.82) is 0 Å². The van der Waals surface area contributed by atoms with Crippen molar-refractivity contribution in [2.45, 2.75) is 12.5 Å². The first-order chi connectivity index (χ1) is 15.2. The summed E-state index contributed by atoms with van der Waals surface area (Å²) < 4.78 is 0. The van der Waals surface area contributed by atoms with Gasteiger partial charge in [0, 0.05) is 48.5 Å². The van der Waals surface area contributed by atoms with Crippen LogP contribution in [0.4, 0.5) is 0 Å². The molecule has 1 aliphatic heterocycles. The number of benzene rings is 2. The molecule has 0 unspecified atom stereocenters. The molecule has 0 aliphatic carbocycles.